The molecule has 2 aromatic rings. The van der Waals surface area contributed by atoms with Crippen LogP contribution in [0.1, 0.15) is 21.5 Å². The van der Waals surface area contributed by atoms with E-state index in [0.29, 0.717) is 0 Å². The van der Waals surface area contributed by atoms with Crippen molar-refractivity contribution in [1.29, 1.82) is 0 Å². The molecule has 0 amide bonds. The van der Waals surface area contributed by atoms with Gasteiger partial charge in [-0.3, -0.25) is 4.79 Å². The lowest BCUT2D eigenvalue weighted by atomic mass is 9.99. The van der Waals surface area contributed by atoms with Crippen molar-refractivity contribution in [2.24, 2.45) is 0 Å². The highest BCUT2D eigenvalue weighted by Gasteiger charge is 2.22. The molecule has 0 atom stereocenters. The van der Waals surface area contributed by atoms with Crippen molar-refractivity contribution >= 4 is 33.5 Å². The first-order valence-electron chi connectivity index (χ1n) is 5.31. The second-order valence-electron chi connectivity index (χ2n) is 3.88. The Labute approximate surface area is 112 Å². The van der Waals surface area contributed by atoms with Crippen molar-refractivity contribution in [3.63, 3.8) is 0 Å². The summed E-state index contributed by atoms with van der Waals surface area (Å²) in [7, 11) is 0. The molecule has 0 N–H and O–H groups in total. The maximum Gasteiger partial charge on any atom is 0.194 e. The predicted molar refractivity (Wildman–Crippen MR) is 73.6 cm³/mol. The minimum atomic E-state index is 0.127. The summed E-state index contributed by atoms with van der Waals surface area (Å²) in [5.41, 5.74) is 2.73. The lowest BCUT2D eigenvalue weighted by Gasteiger charge is -2.05. The molecule has 2 aromatic carbocycles. The fourth-order valence-corrected chi connectivity index (χ4v) is 3.79. The topological polar surface area (TPSA) is 17.1 Å². The van der Waals surface area contributed by atoms with E-state index < -0.39 is 0 Å². The Morgan fingerprint density at radius 2 is 1.76 bits per heavy atom. The summed E-state index contributed by atoms with van der Waals surface area (Å²) in [6, 6.07) is 13.6. The molecule has 1 aliphatic heterocycles. The minimum Gasteiger partial charge on any atom is -0.289 e. The zero-order valence-corrected chi connectivity index (χ0v) is 11.3. The van der Waals surface area contributed by atoms with Crippen LogP contribution in [0, 0.1) is 0 Å². The molecule has 3 heteroatoms. The third kappa shape index (κ3) is 1.83. The smallest absolute Gasteiger partial charge is 0.194 e. The Morgan fingerprint density at radius 1 is 1.00 bits per heavy atom. The summed E-state index contributed by atoms with van der Waals surface area (Å²) in [5, 5.41) is 0. The van der Waals surface area contributed by atoms with Crippen LogP contribution in [0.5, 0.6) is 0 Å². The highest BCUT2D eigenvalue weighted by molar-refractivity contribution is 9.10. The van der Waals surface area contributed by atoms with Crippen LogP contribution in [0.4, 0.5) is 0 Å². The number of hydrogen-bond donors (Lipinski definition) is 0. The highest BCUT2D eigenvalue weighted by Crippen LogP contribution is 2.36. The van der Waals surface area contributed by atoms with Crippen LogP contribution < -0.4 is 0 Å². The predicted octanol–water partition coefficient (Wildman–Crippen LogP) is 4.29. The zero-order valence-electron chi connectivity index (χ0n) is 8.94. The number of thioether (sulfide) groups is 1. The summed E-state index contributed by atoms with van der Waals surface area (Å²) in [4.78, 5) is 13.5. The summed E-state index contributed by atoms with van der Waals surface area (Å²) in [6.07, 6.45) is 0. The molecule has 17 heavy (non-hydrogen) atoms. The Morgan fingerprint density at radius 3 is 2.65 bits per heavy atom. The molecule has 1 heterocycles. The van der Waals surface area contributed by atoms with Crippen LogP contribution in [0.15, 0.2) is 51.8 Å². The quantitative estimate of drug-likeness (QED) is 0.722. The number of carbonyl (C=O) groups is 1. The molecular weight excluding hydrogens is 296 g/mol. The largest absolute Gasteiger partial charge is 0.289 e. The molecule has 84 valence electrons. The van der Waals surface area contributed by atoms with Crippen LogP contribution in [0.3, 0.4) is 0 Å². The molecular formula is C14H9BrOS. The Hall–Kier alpha value is -1.06. The number of fused-ring (bicyclic) bond motifs is 2. The fourth-order valence-electron chi connectivity index (χ4n) is 1.99. The summed E-state index contributed by atoms with van der Waals surface area (Å²) >= 11 is 5.24. The Balaban J connectivity index is 2.24. The first-order valence-corrected chi connectivity index (χ1v) is 7.09. The van der Waals surface area contributed by atoms with Gasteiger partial charge in [0.05, 0.1) is 0 Å². The molecule has 3 rings (SSSR count). The van der Waals surface area contributed by atoms with Crippen molar-refractivity contribution in [1.82, 2.24) is 0 Å². The molecule has 0 bridgehead atoms. The van der Waals surface area contributed by atoms with Crippen molar-refractivity contribution in [3.05, 3.63) is 63.6 Å². The standard InChI is InChI=1S/C14H9BrOS/c15-12-6-3-5-9-11(12)8-17-13-7-2-1-4-10(13)14(9)16/h1-7H,8H2. The third-order valence-electron chi connectivity index (χ3n) is 2.87. The summed E-state index contributed by atoms with van der Waals surface area (Å²) in [6.45, 7) is 0. The van der Waals surface area contributed by atoms with E-state index in [2.05, 4.69) is 15.9 Å². The van der Waals surface area contributed by atoms with E-state index >= 15 is 0 Å². The lowest BCUT2D eigenvalue weighted by Crippen LogP contribution is -2.03. The second-order valence-corrected chi connectivity index (χ2v) is 5.75. The van der Waals surface area contributed by atoms with Gasteiger partial charge in [-0.25, -0.2) is 0 Å². The number of rotatable bonds is 0. The normalized spacial score (nSPS) is 13.8. The second kappa shape index (κ2) is 4.31. The van der Waals surface area contributed by atoms with E-state index in [9.17, 15) is 4.79 Å². The molecule has 0 radical (unpaired) electrons. The third-order valence-corrected chi connectivity index (χ3v) is 4.71. The monoisotopic (exact) mass is 304 g/mol. The van der Waals surface area contributed by atoms with Crippen LogP contribution >= 0.6 is 27.7 Å². The molecule has 0 fully saturated rings. The lowest BCUT2D eigenvalue weighted by molar-refractivity contribution is 0.103. The van der Waals surface area contributed by atoms with E-state index in [1.165, 1.54) is 0 Å². The van der Waals surface area contributed by atoms with Gasteiger partial charge in [-0.2, -0.15) is 0 Å². The number of benzene rings is 2. The van der Waals surface area contributed by atoms with Gasteiger partial charge in [-0.15, -0.1) is 11.8 Å². The van der Waals surface area contributed by atoms with Gasteiger partial charge in [-0.05, 0) is 23.8 Å². The maximum atomic E-state index is 12.4. The van der Waals surface area contributed by atoms with Crippen molar-refractivity contribution < 1.29 is 4.79 Å². The molecule has 0 saturated carbocycles. The maximum absolute atomic E-state index is 12.4. The first-order chi connectivity index (χ1) is 8.27. The summed E-state index contributed by atoms with van der Waals surface area (Å²) in [5.74, 6) is 0.960. The van der Waals surface area contributed by atoms with Gasteiger partial charge in [0.1, 0.15) is 0 Å². The van der Waals surface area contributed by atoms with Gasteiger partial charge in [0, 0.05) is 26.2 Å². The average Bonchev–Trinajstić information content (AvgIpc) is 2.50. The minimum absolute atomic E-state index is 0.127. The van der Waals surface area contributed by atoms with E-state index in [1.807, 2.05) is 42.5 Å². The van der Waals surface area contributed by atoms with E-state index in [1.54, 1.807) is 11.8 Å². The van der Waals surface area contributed by atoms with Gasteiger partial charge in [0.15, 0.2) is 5.78 Å². The van der Waals surface area contributed by atoms with Crippen molar-refractivity contribution in [2.45, 2.75) is 10.6 Å². The van der Waals surface area contributed by atoms with E-state index in [4.69, 9.17) is 0 Å². The molecule has 0 spiro atoms. The van der Waals surface area contributed by atoms with Crippen LogP contribution in [0.25, 0.3) is 0 Å². The Bertz CT molecular complexity index is 607. The molecule has 0 aromatic heterocycles. The molecule has 0 saturated heterocycles. The van der Waals surface area contributed by atoms with Crippen LogP contribution in [0.2, 0.25) is 0 Å². The van der Waals surface area contributed by atoms with Gasteiger partial charge < -0.3 is 0 Å². The van der Waals surface area contributed by atoms with Crippen LogP contribution in [-0.2, 0) is 5.75 Å². The van der Waals surface area contributed by atoms with Gasteiger partial charge in [0.2, 0.25) is 0 Å². The number of halogens is 1. The number of ketones is 1. The molecule has 0 aliphatic carbocycles. The molecule has 0 unspecified atom stereocenters. The number of hydrogen-bond acceptors (Lipinski definition) is 2. The zero-order chi connectivity index (χ0) is 11.8. The van der Waals surface area contributed by atoms with Gasteiger partial charge >= 0.3 is 0 Å². The van der Waals surface area contributed by atoms with Gasteiger partial charge in [-0.1, -0.05) is 40.2 Å². The SMILES string of the molecule is O=C1c2ccccc2SCc2c(Br)cccc21. The Kier molecular flexibility index (Phi) is 2.81. The number of carbonyl (C=O) groups excluding carboxylic acids is 1. The van der Waals surface area contributed by atoms with Gasteiger partial charge in [0.25, 0.3) is 0 Å². The van der Waals surface area contributed by atoms with Crippen LogP contribution in [-0.4, -0.2) is 5.78 Å². The summed E-state index contributed by atoms with van der Waals surface area (Å²) < 4.78 is 1.02. The average molecular weight is 305 g/mol. The molecule has 1 nitrogen and oxygen atoms in total. The molecule has 1 aliphatic rings. The van der Waals surface area contributed by atoms with E-state index in [-0.39, 0.29) is 5.78 Å². The van der Waals surface area contributed by atoms with E-state index in [0.717, 1.165) is 31.8 Å². The first kappa shape index (κ1) is 11.1. The highest BCUT2D eigenvalue weighted by atomic mass is 79.9. The van der Waals surface area contributed by atoms with Crippen molar-refractivity contribution in [2.75, 3.05) is 0 Å². The fraction of sp³-hybridized carbons (Fsp3) is 0.0714. The van der Waals surface area contributed by atoms with Crippen molar-refractivity contribution in [3.8, 4) is 0 Å².